The van der Waals surface area contributed by atoms with Gasteiger partial charge >= 0.3 is 5.97 Å². The quantitative estimate of drug-likeness (QED) is 0.753. The Balaban J connectivity index is 1.68. The number of aliphatic carboxylic acids is 1. The van der Waals surface area contributed by atoms with Crippen molar-refractivity contribution in [2.75, 3.05) is 13.2 Å². The average Bonchev–Trinajstić information content (AvgIpc) is 2.53. The molecule has 5 heteroatoms. The lowest BCUT2D eigenvalue weighted by molar-refractivity contribution is -0.138. The summed E-state index contributed by atoms with van der Waals surface area (Å²) in [7, 11) is 0. The Morgan fingerprint density at radius 1 is 1.09 bits per heavy atom. The molecule has 0 amide bonds. The number of rotatable bonds is 7. The van der Waals surface area contributed by atoms with Gasteiger partial charge in [0.15, 0.2) is 0 Å². The zero-order valence-electron chi connectivity index (χ0n) is 13.6. The van der Waals surface area contributed by atoms with Gasteiger partial charge in [-0.1, -0.05) is 44.2 Å². The molecule has 0 bridgehead atoms. The summed E-state index contributed by atoms with van der Waals surface area (Å²) in [5.41, 5.74) is 6.12. The lowest BCUT2D eigenvalue weighted by Gasteiger charge is -2.20. The second-order valence-electron chi connectivity index (χ2n) is 6.07. The van der Waals surface area contributed by atoms with Crippen LogP contribution in [0.2, 0.25) is 0 Å². The molecule has 1 saturated carbocycles. The average molecular weight is 321 g/mol. The molecule has 1 aromatic carbocycles. The van der Waals surface area contributed by atoms with E-state index in [0.29, 0.717) is 30.6 Å². The normalized spacial score (nSPS) is 18.0. The summed E-state index contributed by atoms with van der Waals surface area (Å²) in [6.45, 7) is 1.09. The van der Waals surface area contributed by atoms with Crippen LogP contribution < -0.4 is 10.5 Å². The third-order valence-corrected chi connectivity index (χ3v) is 4.26. The number of nitrogens with two attached hydrogens (primary N) is 1. The largest absolute Gasteiger partial charge is 0.491 e. The highest BCUT2D eigenvalue weighted by Crippen LogP contribution is 2.20. The highest BCUT2D eigenvalue weighted by Gasteiger charge is 2.14. The summed E-state index contributed by atoms with van der Waals surface area (Å²) in [5.74, 6) is -0.334. The molecule has 5 nitrogen and oxygen atoms in total. The lowest BCUT2D eigenvalue weighted by atomic mass is 9.99. The highest BCUT2D eigenvalue weighted by atomic mass is 16.5. The summed E-state index contributed by atoms with van der Waals surface area (Å²) >= 11 is 0. The van der Waals surface area contributed by atoms with Crippen molar-refractivity contribution in [3.63, 3.8) is 0 Å². The Hall–Kier alpha value is -1.59. The fourth-order valence-electron chi connectivity index (χ4n) is 2.87. The van der Waals surface area contributed by atoms with Gasteiger partial charge in [-0.15, -0.1) is 0 Å². The molecule has 1 aromatic rings. The van der Waals surface area contributed by atoms with E-state index in [-0.39, 0.29) is 0 Å². The molecule has 0 aromatic heterocycles. The van der Waals surface area contributed by atoms with Crippen LogP contribution >= 0.6 is 0 Å². The Bertz CT molecular complexity index is 466. The SMILES string of the molecule is NC(C(=O)O)c1ccc(OCCOC2CCCCCCC2)cc1. The Labute approximate surface area is 137 Å². The fraction of sp³-hybridized carbons (Fsp3) is 0.611. The van der Waals surface area contributed by atoms with Crippen LogP contribution in [0.15, 0.2) is 24.3 Å². The molecule has 1 fully saturated rings. The molecule has 0 aliphatic heterocycles. The number of carboxylic acids is 1. The van der Waals surface area contributed by atoms with Crippen LogP contribution in [0.5, 0.6) is 5.75 Å². The van der Waals surface area contributed by atoms with Gasteiger partial charge in [0, 0.05) is 0 Å². The number of ether oxygens (including phenoxy) is 2. The van der Waals surface area contributed by atoms with E-state index >= 15 is 0 Å². The Morgan fingerprint density at radius 3 is 2.30 bits per heavy atom. The van der Waals surface area contributed by atoms with E-state index in [1.165, 1.54) is 32.1 Å². The van der Waals surface area contributed by atoms with Crippen molar-refractivity contribution in [2.24, 2.45) is 5.73 Å². The summed E-state index contributed by atoms with van der Waals surface area (Å²) < 4.78 is 11.5. The summed E-state index contributed by atoms with van der Waals surface area (Å²) in [4.78, 5) is 10.8. The second-order valence-corrected chi connectivity index (χ2v) is 6.07. The molecule has 1 unspecified atom stereocenters. The van der Waals surface area contributed by atoms with Crippen molar-refractivity contribution in [2.45, 2.75) is 57.1 Å². The van der Waals surface area contributed by atoms with Gasteiger partial charge in [-0.2, -0.15) is 0 Å². The maximum absolute atomic E-state index is 10.8. The molecule has 1 aliphatic rings. The Kier molecular flexibility index (Phi) is 7.36. The first-order valence-corrected chi connectivity index (χ1v) is 8.49. The van der Waals surface area contributed by atoms with E-state index < -0.39 is 12.0 Å². The zero-order valence-corrected chi connectivity index (χ0v) is 13.6. The van der Waals surface area contributed by atoms with Crippen molar-refractivity contribution in [3.8, 4) is 5.75 Å². The van der Waals surface area contributed by atoms with Gasteiger partial charge in [-0.05, 0) is 30.5 Å². The van der Waals surface area contributed by atoms with Gasteiger partial charge in [-0.25, -0.2) is 0 Å². The van der Waals surface area contributed by atoms with E-state index in [0.717, 1.165) is 12.8 Å². The summed E-state index contributed by atoms with van der Waals surface area (Å²) in [6.07, 6.45) is 9.20. The molecule has 128 valence electrons. The van der Waals surface area contributed by atoms with Gasteiger partial charge < -0.3 is 20.3 Å². The minimum atomic E-state index is -1.04. The van der Waals surface area contributed by atoms with Crippen molar-refractivity contribution in [1.29, 1.82) is 0 Å². The summed E-state index contributed by atoms with van der Waals surface area (Å²) in [6, 6.07) is 5.86. The first-order chi connectivity index (χ1) is 11.2. The molecule has 0 saturated heterocycles. The maximum Gasteiger partial charge on any atom is 0.325 e. The topological polar surface area (TPSA) is 81.8 Å². The Morgan fingerprint density at radius 2 is 1.70 bits per heavy atom. The van der Waals surface area contributed by atoms with E-state index in [4.69, 9.17) is 20.3 Å². The van der Waals surface area contributed by atoms with Gasteiger partial charge in [0.1, 0.15) is 18.4 Å². The molecule has 23 heavy (non-hydrogen) atoms. The van der Waals surface area contributed by atoms with Crippen LogP contribution in [0.1, 0.15) is 56.6 Å². The zero-order chi connectivity index (χ0) is 16.5. The fourth-order valence-corrected chi connectivity index (χ4v) is 2.87. The monoisotopic (exact) mass is 321 g/mol. The molecule has 2 rings (SSSR count). The molecular formula is C18H27NO4. The molecule has 0 spiro atoms. The van der Waals surface area contributed by atoms with Crippen LogP contribution in [0.3, 0.4) is 0 Å². The molecular weight excluding hydrogens is 294 g/mol. The molecule has 1 aliphatic carbocycles. The van der Waals surface area contributed by atoms with Crippen LogP contribution in [0.4, 0.5) is 0 Å². The number of hydrogen-bond donors (Lipinski definition) is 2. The van der Waals surface area contributed by atoms with Crippen molar-refractivity contribution in [3.05, 3.63) is 29.8 Å². The van der Waals surface area contributed by atoms with Crippen LogP contribution in [-0.4, -0.2) is 30.4 Å². The molecule has 3 N–H and O–H groups in total. The van der Waals surface area contributed by atoms with E-state index in [1.807, 2.05) is 0 Å². The smallest absolute Gasteiger partial charge is 0.325 e. The van der Waals surface area contributed by atoms with Crippen molar-refractivity contribution < 1.29 is 19.4 Å². The van der Waals surface area contributed by atoms with Crippen LogP contribution in [0.25, 0.3) is 0 Å². The van der Waals surface area contributed by atoms with E-state index in [9.17, 15) is 4.79 Å². The van der Waals surface area contributed by atoms with Gasteiger partial charge in [0.2, 0.25) is 0 Å². The van der Waals surface area contributed by atoms with Gasteiger partial charge in [0.05, 0.1) is 12.7 Å². The minimum Gasteiger partial charge on any atom is -0.491 e. The van der Waals surface area contributed by atoms with Gasteiger partial charge in [0.25, 0.3) is 0 Å². The molecule has 1 atom stereocenters. The lowest BCUT2D eigenvalue weighted by Crippen LogP contribution is -2.20. The third-order valence-electron chi connectivity index (χ3n) is 4.26. The third kappa shape index (κ3) is 6.20. The first kappa shape index (κ1) is 17.8. The van der Waals surface area contributed by atoms with Crippen LogP contribution in [0, 0.1) is 0 Å². The minimum absolute atomic E-state index is 0.370. The highest BCUT2D eigenvalue weighted by molar-refractivity contribution is 5.75. The standard InChI is InChI=1S/C18H27NO4/c19-17(18(20)21)14-8-10-16(11-9-14)23-13-12-22-15-6-4-2-1-3-5-7-15/h8-11,15,17H,1-7,12-13,19H2,(H,20,21). The van der Waals surface area contributed by atoms with Crippen LogP contribution in [-0.2, 0) is 9.53 Å². The predicted octanol–water partition coefficient (Wildman–Crippen LogP) is 3.28. The number of hydrogen-bond acceptors (Lipinski definition) is 4. The van der Waals surface area contributed by atoms with Gasteiger partial charge in [-0.3, -0.25) is 4.79 Å². The first-order valence-electron chi connectivity index (χ1n) is 8.49. The van der Waals surface area contributed by atoms with E-state index in [1.54, 1.807) is 24.3 Å². The van der Waals surface area contributed by atoms with Crippen molar-refractivity contribution >= 4 is 5.97 Å². The van der Waals surface area contributed by atoms with E-state index in [2.05, 4.69) is 0 Å². The number of carboxylic acid groups (broad SMARTS) is 1. The second kappa shape index (κ2) is 9.53. The predicted molar refractivity (Wildman–Crippen MR) is 88.6 cm³/mol. The molecule has 0 radical (unpaired) electrons. The summed E-state index contributed by atoms with van der Waals surface area (Å²) in [5, 5.41) is 8.87. The maximum atomic E-state index is 10.8. The van der Waals surface area contributed by atoms with Crippen molar-refractivity contribution in [1.82, 2.24) is 0 Å². The number of carbonyl (C=O) groups is 1. The molecule has 0 heterocycles. The number of benzene rings is 1.